The van der Waals surface area contributed by atoms with Gasteiger partial charge in [0.05, 0.1) is 25.8 Å². The summed E-state index contributed by atoms with van der Waals surface area (Å²) in [6.07, 6.45) is 3.13. The fourth-order valence-electron chi connectivity index (χ4n) is 1.25. The van der Waals surface area contributed by atoms with Gasteiger partial charge in [-0.15, -0.1) is 0 Å². The van der Waals surface area contributed by atoms with Gasteiger partial charge in [0.25, 0.3) is 0 Å². The summed E-state index contributed by atoms with van der Waals surface area (Å²) < 4.78 is 6.88. The van der Waals surface area contributed by atoms with Crippen molar-refractivity contribution in [3.63, 3.8) is 0 Å². The van der Waals surface area contributed by atoms with Crippen molar-refractivity contribution in [1.29, 1.82) is 0 Å². The van der Waals surface area contributed by atoms with Gasteiger partial charge >= 0.3 is 0 Å². The molecule has 6 nitrogen and oxygen atoms in total. The van der Waals surface area contributed by atoms with Crippen LogP contribution in [0.25, 0.3) is 0 Å². The normalized spacial score (nSPS) is 12.9. The van der Waals surface area contributed by atoms with Crippen molar-refractivity contribution < 1.29 is 9.84 Å². The standard InChI is InChI=1S/C10H20N4O2/c1-2-3-4-16-7-9(15)6-14-8-12-10(5-11)13-14/h8-9,15H,2-7,11H2,1H3. The van der Waals surface area contributed by atoms with Crippen LogP contribution in [-0.4, -0.2) is 39.2 Å². The van der Waals surface area contributed by atoms with E-state index in [-0.39, 0.29) is 0 Å². The van der Waals surface area contributed by atoms with Gasteiger partial charge in [0.1, 0.15) is 6.33 Å². The van der Waals surface area contributed by atoms with Crippen LogP contribution in [0.5, 0.6) is 0 Å². The molecule has 1 rings (SSSR count). The third kappa shape index (κ3) is 4.69. The van der Waals surface area contributed by atoms with Crippen LogP contribution in [-0.2, 0) is 17.8 Å². The van der Waals surface area contributed by atoms with Crippen molar-refractivity contribution in [2.75, 3.05) is 13.2 Å². The van der Waals surface area contributed by atoms with Crippen LogP contribution in [0.2, 0.25) is 0 Å². The highest BCUT2D eigenvalue weighted by molar-refractivity contribution is 4.79. The highest BCUT2D eigenvalue weighted by Crippen LogP contribution is 1.95. The Morgan fingerprint density at radius 1 is 1.62 bits per heavy atom. The highest BCUT2D eigenvalue weighted by Gasteiger charge is 2.07. The number of nitrogens with two attached hydrogens (primary N) is 1. The summed E-state index contributed by atoms with van der Waals surface area (Å²) in [5.74, 6) is 0.583. The Hall–Kier alpha value is -0.980. The van der Waals surface area contributed by atoms with E-state index in [0.29, 0.717) is 32.1 Å². The summed E-state index contributed by atoms with van der Waals surface area (Å²) in [5.41, 5.74) is 5.38. The molecule has 16 heavy (non-hydrogen) atoms. The molecule has 0 aliphatic carbocycles. The number of aliphatic hydroxyl groups excluding tert-OH is 1. The summed E-state index contributed by atoms with van der Waals surface area (Å²) in [4.78, 5) is 3.97. The van der Waals surface area contributed by atoms with Crippen molar-refractivity contribution in [1.82, 2.24) is 14.8 Å². The van der Waals surface area contributed by atoms with E-state index in [1.54, 1.807) is 11.0 Å². The number of aromatic nitrogens is 3. The van der Waals surface area contributed by atoms with E-state index >= 15 is 0 Å². The minimum atomic E-state index is -0.552. The van der Waals surface area contributed by atoms with E-state index in [2.05, 4.69) is 17.0 Å². The minimum absolute atomic E-state index is 0.316. The molecule has 3 N–H and O–H groups in total. The first-order chi connectivity index (χ1) is 7.76. The lowest BCUT2D eigenvalue weighted by molar-refractivity contribution is 0.0253. The predicted molar refractivity (Wildman–Crippen MR) is 59.6 cm³/mol. The van der Waals surface area contributed by atoms with E-state index in [9.17, 15) is 5.11 Å². The quantitative estimate of drug-likeness (QED) is 0.607. The Kier molecular flexibility index (Phi) is 5.99. The van der Waals surface area contributed by atoms with Gasteiger partial charge in [-0.2, -0.15) is 5.10 Å². The maximum absolute atomic E-state index is 9.64. The van der Waals surface area contributed by atoms with Crippen molar-refractivity contribution >= 4 is 0 Å². The molecular weight excluding hydrogens is 208 g/mol. The van der Waals surface area contributed by atoms with E-state index in [0.717, 1.165) is 12.8 Å². The summed E-state index contributed by atoms with van der Waals surface area (Å²) in [5, 5.41) is 13.7. The molecule has 0 saturated heterocycles. The molecule has 0 aliphatic rings. The zero-order valence-electron chi connectivity index (χ0n) is 9.67. The molecule has 0 radical (unpaired) electrons. The van der Waals surface area contributed by atoms with Crippen LogP contribution in [0.4, 0.5) is 0 Å². The summed E-state index contributed by atoms with van der Waals surface area (Å²) in [6, 6.07) is 0. The zero-order chi connectivity index (χ0) is 11.8. The average Bonchev–Trinajstić information content (AvgIpc) is 2.72. The van der Waals surface area contributed by atoms with E-state index in [4.69, 9.17) is 10.5 Å². The molecule has 0 bridgehead atoms. The monoisotopic (exact) mass is 228 g/mol. The predicted octanol–water partition coefficient (Wildman–Crippen LogP) is -0.0856. The Morgan fingerprint density at radius 2 is 2.44 bits per heavy atom. The maximum Gasteiger partial charge on any atom is 0.164 e. The molecular formula is C10H20N4O2. The minimum Gasteiger partial charge on any atom is -0.389 e. The second kappa shape index (κ2) is 7.32. The molecule has 1 aromatic rings. The van der Waals surface area contributed by atoms with Crippen molar-refractivity contribution in [2.24, 2.45) is 5.73 Å². The summed E-state index contributed by atoms with van der Waals surface area (Å²) >= 11 is 0. The molecule has 1 unspecified atom stereocenters. The van der Waals surface area contributed by atoms with Crippen molar-refractivity contribution in [3.8, 4) is 0 Å². The summed E-state index contributed by atoms with van der Waals surface area (Å²) in [6.45, 7) is 3.83. The molecule has 0 fully saturated rings. The lowest BCUT2D eigenvalue weighted by Crippen LogP contribution is -2.22. The third-order valence-corrected chi connectivity index (χ3v) is 2.12. The number of rotatable bonds is 8. The first kappa shape index (κ1) is 13.1. The third-order valence-electron chi connectivity index (χ3n) is 2.12. The van der Waals surface area contributed by atoms with Crippen LogP contribution in [0.1, 0.15) is 25.6 Å². The van der Waals surface area contributed by atoms with Crippen LogP contribution in [0, 0.1) is 0 Å². The number of aliphatic hydroxyl groups is 1. The van der Waals surface area contributed by atoms with Gasteiger partial charge in [0.15, 0.2) is 5.82 Å². The molecule has 0 amide bonds. The van der Waals surface area contributed by atoms with Gasteiger partial charge in [-0.25, -0.2) is 9.67 Å². The topological polar surface area (TPSA) is 86.2 Å². The Labute approximate surface area is 95.4 Å². The second-order valence-corrected chi connectivity index (χ2v) is 3.67. The number of unbranched alkanes of at least 4 members (excludes halogenated alkanes) is 1. The van der Waals surface area contributed by atoms with Crippen LogP contribution in [0.15, 0.2) is 6.33 Å². The van der Waals surface area contributed by atoms with Crippen molar-refractivity contribution in [3.05, 3.63) is 12.2 Å². The average molecular weight is 228 g/mol. The smallest absolute Gasteiger partial charge is 0.164 e. The molecule has 0 saturated carbocycles. The molecule has 6 heteroatoms. The number of ether oxygens (including phenoxy) is 1. The number of hydrogen-bond acceptors (Lipinski definition) is 5. The van der Waals surface area contributed by atoms with Crippen LogP contribution < -0.4 is 5.73 Å². The molecule has 0 spiro atoms. The molecule has 1 atom stereocenters. The fourth-order valence-corrected chi connectivity index (χ4v) is 1.25. The number of nitrogens with zero attached hydrogens (tertiary/aromatic N) is 3. The first-order valence-electron chi connectivity index (χ1n) is 5.60. The van der Waals surface area contributed by atoms with Crippen LogP contribution >= 0.6 is 0 Å². The zero-order valence-corrected chi connectivity index (χ0v) is 9.67. The lowest BCUT2D eigenvalue weighted by Gasteiger charge is -2.10. The Morgan fingerprint density at radius 3 is 3.06 bits per heavy atom. The van der Waals surface area contributed by atoms with Gasteiger partial charge in [-0.3, -0.25) is 0 Å². The Balaban J connectivity index is 2.20. The van der Waals surface area contributed by atoms with E-state index in [1.807, 2.05) is 0 Å². The molecule has 92 valence electrons. The van der Waals surface area contributed by atoms with E-state index in [1.165, 1.54) is 0 Å². The first-order valence-corrected chi connectivity index (χ1v) is 5.60. The highest BCUT2D eigenvalue weighted by atomic mass is 16.5. The largest absolute Gasteiger partial charge is 0.389 e. The van der Waals surface area contributed by atoms with Crippen molar-refractivity contribution in [2.45, 2.75) is 39.0 Å². The van der Waals surface area contributed by atoms with Gasteiger partial charge in [0.2, 0.25) is 0 Å². The summed E-state index contributed by atoms with van der Waals surface area (Å²) in [7, 11) is 0. The van der Waals surface area contributed by atoms with Gasteiger partial charge < -0.3 is 15.6 Å². The maximum atomic E-state index is 9.64. The Bertz CT molecular complexity index is 290. The van der Waals surface area contributed by atoms with Gasteiger partial charge in [-0.05, 0) is 6.42 Å². The number of hydrogen-bond donors (Lipinski definition) is 2. The molecule has 0 aliphatic heterocycles. The fraction of sp³-hybridized carbons (Fsp3) is 0.800. The lowest BCUT2D eigenvalue weighted by atomic mass is 10.3. The van der Waals surface area contributed by atoms with Gasteiger partial charge in [0, 0.05) is 6.61 Å². The molecule has 1 heterocycles. The molecule has 1 aromatic heterocycles. The van der Waals surface area contributed by atoms with Crippen LogP contribution in [0.3, 0.4) is 0 Å². The van der Waals surface area contributed by atoms with Gasteiger partial charge in [-0.1, -0.05) is 13.3 Å². The second-order valence-electron chi connectivity index (χ2n) is 3.67. The van der Waals surface area contributed by atoms with E-state index < -0.39 is 6.10 Å². The SMILES string of the molecule is CCCCOCC(O)Cn1cnc(CN)n1. The molecule has 0 aromatic carbocycles.